The summed E-state index contributed by atoms with van der Waals surface area (Å²) in [6.45, 7) is 5.08. The third-order valence-corrected chi connectivity index (χ3v) is 7.05. The molecule has 1 atom stereocenters. The van der Waals surface area contributed by atoms with Gasteiger partial charge in [-0.2, -0.15) is 4.31 Å². The zero-order chi connectivity index (χ0) is 19.4. The Kier molecular flexibility index (Phi) is 6.62. The lowest BCUT2D eigenvalue weighted by Gasteiger charge is -2.35. The second kappa shape index (κ2) is 8.77. The van der Waals surface area contributed by atoms with Gasteiger partial charge >= 0.3 is 0 Å². The van der Waals surface area contributed by atoms with E-state index in [1.54, 1.807) is 11.0 Å². The highest BCUT2D eigenvalue weighted by molar-refractivity contribution is 7.89. The summed E-state index contributed by atoms with van der Waals surface area (Å²) < 4.78 is 38.1. The molecule has 0 unspecified atom stereocenters. The summed E-state index contributed by atoms with van der Waals surface area (Å²) >= 11 is 6.15. The molecule has 2 fully saturated rings. The van der Waals surface area contributed by atoms with Gasteiger partial charge < -0.3 is 14.4 Å². The molecule has 9 heteroatoms. The van der Waals surface area contributed by atoms with E-state index in [0.717, 1.165) is 0 Å². The van der Waals surface area contributed by atoms with Gasteiger partial charge in [-0.15, -0.1) is 0 Å². The van der Waals surface area contributed by atoms with Crippen LogP contribution in [0.1, 0.15) is 19.8 Å². The average molecular weight is 417 g/mol. The van der Waals surface area contributed by atoms with Gasteiger partial charge in [0.1, 0.15) is 5.75 Å². The van der Waals surface area contributed by atoms with Gasteiger partial charge in [0.25, 0.3) is 0 Å². The number of carbonyl (C=O) groups excluding carboxylic acids is 1. The van der Waals surface area contributed by atoms with E-state index < -0.39 is 10.0 Å². The van der Waals surface area contributed by atoms with Crippen LogP contribution in [0.25, 0.3) is 0 Å². The average Bonchev–Trinajstić information content (AvgIpc) is 2.70. The van der Waals surface area contributed by atoms with Crippen molar-refractivity contribution >= 4 is 27.5 Å². The minimum atomic E-state index is -3.72. The summed E-state index contributed by atoms with van der Waals surface area (Å²) in [5.41, 5.74) is 0. The van der Waals surface area contributed by atoms with Crippen molar-refractivity contribution in [2.75, 3.05) is 46.0 Å². The first kappa shape index (κ1) is 20.4. The van der Waals surface area contributed by atoms with E-state index in [2.05, 4.69) is 0 Å². The highest BCUT2D eigenvalue weighted by Gasteiger charge is 2.35. The van der Waals surface area contributed by atoms with E-state index in [-0.39, 0.29) is 28.3 Å². The van der Waals surface area contributed by atoms with Crippen LogP contribution in [-0.2, 0) is 19.6 Å². The van der Waals surface area contributed by atoms with Crippen molar-refractivity contribution in [2.24, 2.45) is 5.92 Å². The third-order valence-electron chi connectivity index (χ3n) is 4.90. The van der Waals surface area contributed by atoms with Crippen molar-refractivity contribution in [1.29, 1.82) is 0 Å². The van der Waals surface area contributed by atoms with Crippen LogP contribution < -0.4 is 4.74 Å². The van der Waals surface area contributed by atoms with Crippen molar-refractivity contribution in [2.45, 2.75) is 24.7 Å². The number of hydrogen-bond acceptors (Lipinski definition) is 5. The number of amides is 1. The number of halogens is 1. The number of hydrogen-bond donors (Lipinski definition) is 0. The maximum absolute atomic E-state index is 13.0. The predicted octanol–water partition coefficient (Wildman–Crippen LogP) is 2.00. The molecule has 150 valence electrons. The monoisotopic (exact) mass is 416 g/mol. The summed E-state index contributed by atoms with van der Waals surface area (Å²) in [6.07, 6.45) is 1.36. The first-order valence-corrected chi connectivity index (χ1v) is 11.0. The van der Waals surface area contributed by atoms with E-state index in [1.165, 1.54) is 16.4 Å². The number of benzene rings is 1. The summed E-state index contributed by atoms with van der Waals surface area (Å²) in [6, 6.07) is 4.48. The molecule has 3 rings (SSSR count). The van der Waals surface area contributed by atoms with Crippen LogP contribution >= 0.6 is 11.6 Å². The molecule has 0 radical (unpaired) electrons. The van der Waals surface area contributed by atoms with Gasteiger partial charge in [-0.05, 0) is 38.0 Å². The molecule has 2 aliphatic rings. The fourth-order valence-electron chi connectivity index (χ4n) is 3.47. The molecule has 2 heterocycles. The number of rotatable bonds is 5. The van der Waals surface area contributed by atoms with Crippen LogP contribution in [-0.4, -0.2) is 69.5 Å². The van der Waals surface area contributed by atoms with Crippen molar-refractivity contribution in [1.82, 2.24) is 9.21 Å². The van der Waals surface area contributed by atoms with Crippen LogP contribution in [0.3, 0.4) is 0 Å². The smallest absolute Gasteiger partial charge is 0.243 e. The molecule has 2 aliphatic heterocycles. The second-order valence-electron chi connectivity index (χ2n) is 6.67. The van der Waals surface area contributed by atoms with Gasteiger partial charge in [0.2, 0.25) is 15.9 Å². The van der Waals surface area contributed by atoms with Crippen molar-refractivity contribution in [3.05, 3.63) is 23.2 Å². The van der Waals surface area contributed by atoms with Crippen LogP contribution in [0.5, 0.6) is 5.75 Å². The topological polar surface area (TPSA) is 76.2 Å². The Morgan fingerprint density at radius 3 is 2.70 bits per heavy atom. The Bertz CT molecular complexity index is 780. The zero-order valence-electron chi connectivity index (χ0n) is 15.4. The Morgan fingerprint density at radius 2 is 2.04 bits per heavy atom. The highest BCUT2D eigenvalue weighted by atomic mass is 35.5. The normalized spacial score (nSPS) is 21.9. The summed E-state index contributed by atoms with van der Waals surface area (Å²) in [7, 11) is -3.72. The molecule has 0 saturated carbocycles. The van der Waals surface area contributed by atoms with E-state index in [1.807, 2.05) is 6.92 Å². The van der Waals surface area contributed by atoms with E-state index in [0.29, 0.717) is 58.0 Å². The molecular weight excluding hydrogens is 392 g/mol. The maximum Gasteiger partial charge on any atom is 0.243 e. The van der Waals surface area contributed by atoms with Gasteiger partial charge in [-0.3, -0.25) is 4.79 Å². The van der Waals surface area contributed by atoms with Crippen molar-refractivity contribution in [3.63, 3.8) is 0 Å². The molecular formula is C18H25ClN2O5S. The highest BCUT2D eigenvalue weighted by Crippen LogP contribution is 2.30. The number of carbonyl (C=O) groups is 1. The fourth-order valence-corrected chi connectivity index (χ4v) is 5.32. The molecule has 7 nitrogen and oxygen atoms in total. The minimum Gasteiger partial charge on any atom is -0.492 e. The van der Waals surface area contributed by atoms with Crippen LogP contribution in [0.15, 0.2) is 23.1 Å². The second-order valence-corrected chi connectivity index (χ2v) is 9.01. The Labute approximate surface area is 165 Å². The Balaban J connectivity index is 1.74. The quantitative estimate of drug-likeness (QED) is 0.733. The summed E-state index contributed by atoms with van der Waals surface area (Å²) in [5.74, 6) is 0.157. The van der Waals surface area contributed by atoms with E-state index >= 15 is 0 Å². The first-order chi connectivity index (χ1) is 12.9. The number of nitrogens with zero attached hydrogens (tertiary/aromatic N) is 2. The molecule has 27 heavy (non-hydrogen) atoms. The molecule has 1 amide bonds. The Hall–Kier alpha value is -1.35. The van der Waals surface area contributed by atoms with Gasteiger partial charge in [-0.1, -0.05) is 11.6 Å². The number of morpholine rings is 1. The largest absolute Gasteiger partial charge is 0.492 e. The third kappa shape index (κ3) is 4.56. The first-order valence-electron chi connectivity index (χ1n) is 9.22. The van der Waals surface area contributed by atoms with Crippen LogP contribution in [0.4, 0.5) is 0 Å². The zero-order valence-corrected chi connectivity index (χ0v) is 17.0. The molecule has 0 aliphatic carbocycles. The minimum absolute atomic E-state index is 0.0166. The lowest BCUT2D eigenvalue weighted by molar-refractivity contribution is -0.140. The number of ether oxygens (including phenoxy) is 2. The summed E-state index contributed by atoms with van der Waals surface area (Å²) in [5, 5.41) is 0.260. The molecule has 0 bridgehead atoms. The van der Waals surface area contributed by atoms with Gasteiger partial charge in [0.05, 0.1) is 35.7 Å². The number of sulfonamides is 1. The number of piperidine rings is 1. The molecule has 0 spiro atoms. The van der Waals surface area contributed by atoms with E-state index in [9.17, 15) is 13.2 Å². The Morgan fingerprint density at radius 1 is 1.30 bits per heavy atom. The summed E-state index contributed by atoms with van der Waals surface area (Å²) in [4.78, 5) is 14.6. The molecule has 0 aromatic heterocycles. The SMILES string of the molecule is CCOc1ccc(S(=O)(=O)N2CCC[C@H](C(=O)N3CCOCC3)C2)cc1Cl. The maximum atomic E-state index is 13.0. The van der Waals surface area contributed by atoms with Gasteiger partial charge in [0.15, 0.2) is 0 Å². The lowest BCUT2D eigenvalue weighted by atomic mass is 9.98. The van der Waals surface area contributed by atoms with Crippen LogP contribution in [0, 0.1) is 5.92 Å². The van der Waals surface area contributed by atoms with Crippen molar-refractivity contribution < 1.29 is 22.7 Å². The lowest BCUT2D eigenvalue weighted by Crippen LogP contribution is -2.49. The predicted molar refractivity (Wildman–Crippen MR) is 102 cm³/mol. The fraction of sp³-hybridized carbons (Fsp3) is 0.611. The van der Waals surface area contributed by atoms with Crippen molar-refractivity contribution in [3.8, 4) is 5.75 Å². The van der Waals surface area contributed by atoms with E-state index in [4.69, 9.17) is 21.1 Å². The molecule has 0 N–H and O–H groups in total. The van der Waals surface area contributed by atoms with Gasteiger partial charge in [-0.25, -0.2) is 8.42 Å². The standard InChI is InChI=1S/C18H25ClN2O5S/c1-2-26-17-6-5-15(12-16(17)19)27(23,24)21-7-3-4-14(13-21)18(22)20-8-10-25-11-9-20/h5-6,12,14H,2-4,7-11,13H2,1H3/t14-/m0/s1. The molecule has 1 aromatic rings. The molecule has 1 aromatic carbocycles. The molecule has 2 saturated heterocycles. The van der Waals surface area contributed by atoms with Gasteiger partial charge in [0, 0.05) is 26.2 Å². The van der Waals surface area contributed by atoms with Crippen LogP contribution in [0.2, 0.25) is 5.02 Å².